The van der Waals surface area contributed by atoms with Crippen LogP contribution in [0.2, 0.25) is 0 Å². The van der Waals surface area contributed by atoms with Gasteiger partial charge in [0.25, 0.3) is 11.8 Å². The Morgan fingerprint density at radius 1 is 1.11 bits per heavy atom. The number of hydrogen-bond acceptors (Lipinski definition) is 9. The predicted octanol–water partition coefficient (Wildman–Crippen LogP) is 5.20. The molecule has 0 atom stereocenters. The number of anilines is 3. The molecule has 0 spiro atoms. The summed E-state index contributed by atoms with van der Waals surface area (Å²) in [5.74, 6) is -1.14. The Kier molecular flexibility index (Phi) is 8.92. The number of benzene rings is 2. The number of fused-ring (bicyclic) bond motifs is 1. The van der Waals surface area contributed by atoms with E-state index in [1.54, 1.807) is 30.5 Å². The van der Waals surface area contributed by atoms with Crippen LogP contribution in [-0.2, 0) is 22.3 Å². The Morgan fingerprint density at radius 2 is 1.86 bits per heavy atom. The average Bonchev–Trinajstić information content (AvgIpc) is 3.41. The third-order valence-electron chi connectivity index (χ3n) is 7.46. The van der Waals surface area contributed by atoms with E-state index in [9.17, 15) is 27.6 Å². The van der Waals surface area contributed by atoms with Gasteiger partial charge in [0, 0.05) is 48.9 Å². The molecule has 10 nitrogen and oxygen atoms in total. The van der Waals surface area contributed by atoms with Crippen molar-refractivity contribution in [3.05, 3.63) is 74.5 Å². The van der Waals surface area contributed by atoms with E-state index in [2.05, 4.69) is 20.9 Å². The molecule has 5 rings (SSSR count). The summed E-state index contributed by atoms with van der Waals surface area (Å²) in [6.07, 6.45) is -3.83. The maximum atomic E-state index is 14.1. The second-order valence-electron chi connectivity index (χ2n) is 10.6. The van der Waals surface area contributed by atoms with Crippen molar-refractivity contribution in [3.8, 4) is 0 Å². The number of likely N-dealkylation sites (tertiary alicyclic amines) is 1. The Hall–Kier alpha value is -4.43. The molecule has 2 amide bonds. The molecule has 2 aliphatic rings. The van der Waals surface area contributed by atoms with E-state index in [-0.39, 0.29) is 36.4 Å². The van der Waals surface area contributed by atoms with Crippen molar-refractivity contribution in [1.29, 1.82) is 0 Å². The van der Waals surface area contributed by atoms with Crippen molar-refractivity contribution in [2.45, 2.75) is 45.5 Å². The van der Waals surface area contributed by atoms with Crippen molar-refractivity contribution >= 4 is 52.0 Å². The van der Waals surface area contributed by atoms with Crippen LogP contribution in [0.3, 0.4) is 0 Å². The number of amidine groups is 1. The van der Waals surface area contributed by atoms with Crippen molar-refractivity contribution in [3.63, 3.8) is 0 Å². The number of carbonyl (C=O) groups excluding carboxylic acids is 3. The fourth-order valence-corrected chi connectivity index (χ4v) is 6.12. The highest BCUT2D eigenvalue weighted by molar-refractivity contribution is 7.13. The summed E-state index contributed by atoms with van der Waals surface area (Å²) in [6, 6.07) is 8.38. The van der Waals surface area contributed by atoms with Gasteiger partial charge in [-0.1, -0.05) is 12.1 Å². The number of alkyl halides is 3. The monoisotopic (exact) mass is 628 g/mol. The van der Waals surface area contributed by atoms with Crippen LogP contribution in [0, 0.1) is 6.92 Å². The average molecular weight is 629 g/mol. The predicted molar refractivity (Wildman–Crippen MR) is 162 cm³/mol. The third kappa shape index (κ3) is 7.03. The first-order valence-corrected chi connectivity index (χ1v) is 14.8. The zero-order valence-corrected chi connectivity index (χ0v) is 24.8. The maximum Gasteiger partial charge on any atom is 0.416 e. The van der Waals surface area contributed by atoms with E-state index in [1.165, 1.54) is 30.4 Å². The Balaban J connectivity index is 1.28. The van der Waals surface area contributed by atoms with E-state index in [1.807, 2.05) is 4.90 Å². The Labute approximate surface area is 255 Å². The van der Waals surface area contributed by atoms with Gasteiger partial charge in [0.2, 0.25) is 0 Å². The van der Waals surface area contributed by atoms with Crippen LogP contribution in [0.5, 0.6) is 0 Å². The van der Waals surface area contributed by atoms with Crippen LogP contribution in [0.4, 0.5) is 30.2 Å². The standard InChI is InChI=1S/C30H31F3N6O4S/c1-16-3-6-20(12-24(16)38-29(42)22-14-44-26-25(22)35-15-36-27(26)34)37-28(41)18-4-5-19(23(11-18)30(31,32)33)13-39-9-7-21(8-10-39)43-17(2)40/h3-6,11-12,14,21,35H,7-10,13,15H2,1-2H3,(H2,34,36)(H,37,41)(H,38,42). The minimum atomic E-state index is -4.67. The van der Waals surface area contributed by atoms with Crippen molar-refractivity contribution in [2.24, 2.45) is 10.7 Å². The zero-order chi connectivity index (χ0) is 31.6. The number of halogens is 3. The van der Waals surface area contributed by atoms with Crippen LogP contribution < -0.4 is 21.7 Å². The summed E-state index contributed by atoms with van der Waals surface area (Å²) < 4.78 is 47.4. The number of rotatable bonds is 7. The number of nitrogens with zero attached hydrogens (tertiary/aromatic N) is 2. The summed E-state index contributed by atoms with van der Waals surface area (Å²) >= 11 is 1.29. The molecule has 2 aromatic carbocycles. The van der Waals surface area contributed by atoms with Gasteiger partial charge >= 0.3 is 12.1 Å². The van der Waals surface area contributed by atoms with Crippen LogP contribution in [0.15, 0.2) is 46.8 Å². The highest BCUT2D eigenvalue weighted by Crippen LogP contribution is 2.35. The molecule has 0 bridgehead atoms. The number of nitrogens with one attached hydrogen (secondary N) is 3. The SMILES string of the molecule is CC(=O)OC1CCN(Cc2ccc(C(=O)Nc3ccc(C)c(NC(=O)c4csc5c4NCN=C5N)c3)cc2C(F)(F)F)CC1. The fraction of sp³-hybridized carbons (Fsp3) is 0.333. The van der Waals surface area contributed by atoms with Crippen molar-refractivity contribution < 1.29 is 32.3 Å². The highest BCUT2D eigenvalue weighted by Gasteiger charge is 2.35. The summed E-state index contributed by atoms with van der Waals surface area (Å²) in [6.45, 7) is 4.38. The smallest absolute Gasteiger partial charge is 0.416 e. The number of nitrogens with two attached hydrogens (primary N) is 1. The molecule has 0 saturated carbocycles. The normalized spacial score (nSPS) is 15.5. The first kappa shape index (κ1) is 31.0. The van der Waals surface area contributed by atoms with Gasteiger partial charge in [-0.25, -0.2) is 4.99 Å². The van der Waals surface area contributed by atoms with Crippen molar-refractivity contribution in [1.82, 2.24) is 4.90 Å². The third-order valence-corrected chi connectivity index (χ3v) is 8.46. The maximum absolute atomic E-state index is 14.1. The minimum absolute atomic E-state index is 0.0484. The quantitative estimate of drug-likeness (QED) is 0.264. The number of aryl methyl sites for hydroxylation is 1. The number of aliphatic imine (C=N–C) groups is 1. The number of thiophene rings is 1. The largest absolute Gasteiger partial charge is 0.462 e. The van der Waals surface area contributed by atoms with Crippen LogP contribution >= 0.6 is 11.3 Å². The van der Waals surface area contributed by atoms with E-state index < -0.39 is 23.6 Å². The molecule has 232 valence electrons. The number of hydrogen-bond donors (Lipinski definition) is 4. The molecule has 0 radical (unpaired) electrons. The Bertz CT molecular complexity index is 1630. The van der Waals surface area contributed by atoms with Gasteiger partial charge in [-0.15, -0.1) is 11.3 Å². The van der Waals surface area contributed by atoms with Crippen LogP contribution in [-0.4, -0.2) is 54.4 Å². The molecule has 2 aliphatic heterocycles. The summed E-state index contributed by atoms with van der Waals surface area (Å²) in [5, 5.41) is 10.2. The lowest BCUT2D eigenvalue weighted by molar-refractivity contribution is -0.148. The molecule has 3 heterocycles. The summed E-state index contributed by atoms with van der Waals surface area (Å²) in [7, 11) is 0. The van der Waals surface area contributed by atoms with E-state index >= 15 is 0 Å². The molecule has 14 heteroatoms. The number of carbonyl (C=O) groups is 3. The van der Waals surface area contributed by atoms with Gasteiger partial charge in [-0.05, 0) is 55.2 Å². The summed E-state index contributed by atoms with van der Waals surface area (Å²) in [5.41, 5.74) is 7.36. The van der Waals surface area contributed by atoms with Gasteiger partial charge in [-0.3, -0.25) is 19.3 Å². The first-order chi connectivity index (χ1) is 20.9. The van der Waals surface area contributed by atoms with Gasteiger partial charge < -0.3 is 26.4 Å². The molecule has 1 saturated heterocycles. The van der Waals surface area contributed by atoms with Gasteiger partial charge in [0.1, 0.15) is 18.6 Å². The van der Waals surface area contributed by atoms with E-state index in [0.717, 1.165) is 11.6 Å². The number of esters is 1. The number of amides is 2. The van der Waals surface area contributed by atoms with Gasteiger partial charge in [0.15, 0.2) is 0 Å². The molecule has 44 heavy (non-hydrogen) atoms. The first-order valence-electron chi connectivity index (χ1n) is 13.9. The molecule has 5 N–H and O–H groups in total. The fourth-order valence-electron chi connectivity index (χ4n) is 5.17. The lowest BCUT2D eigenvalue weighted by Crippen LogP contribution is -2.37. The molecule has 0 aliphatic carbocycles. The van der Waals surface area contributed by atoms with Crippen molar-refractivity contribution in [2.75, 3.05) is 35.7 Å². The molecule has 1 aromatic heterocycles. The molecule has 3 aromatic rings. The second kappa shape index (κ2) is 12.7. The number of piperidine rings is 1. The molecular weight excluding hydrogens is 597 g/mol. The second-order valence-corrected chi connectivity index (χ2v) is 11.5. The highest BCUT2D eigenvalue weighted by atomic mass is 32.1. The number of ether oxygens (including phenoxy) is 1. The van der Waals surface area contributed by atoms with Gasteiger partial charge in [-0.2, -0.15) is 13.2 Å². The minimum Gasteiger partial charge on any atom is -0.462 e. The lowest BCUT2D eigenvalue weighted by Gasteiger charge is -2.32. The van der Waals surface area contributed by atoms with E-state index in [4.69, 9.17) is 10.5 Å². The summed E-state index contributed by atoms with van der Waals surface area (Å²) in [4.78, 5) is 44.0. The lowest BCUT2D eigenvalue weighted by atomic mass is 10.0. The molecule has 1 fully saturated rings. The van der Waals surface area contributed by atoms with Crippen LogP contribution in [0.25, 0.3) is 0 Å². The van der Waals surface area contributed by atoms with Crippen LogP contribution in [0.1, 0.15) is 62.0 Å². The Morgan fingerprint density at radius 3 is 2.57 bits per heavy atom. The topological polar surface area (TPSA) is 138 Å². The van der Waals surface area contributed by atoms with E-state index in [0.29, 0.717) is 59.3 Å². The molecular formula is C30H31F3N6O4S. The molecule has 0 unspecified atom stereocenters. The van der Waals surface area contributed by atoms with Gasteiger partial charge in [0.05, 0.1) is 21.7 Å². The zero-order valence-electron chi connectivity index (χ0n) is 24.0.